The monoisotopic (exact) mass is 339 g/mol. The topological polar surface area (TPSA) is 55.4 Å². The number of carbonyl (C=O) groups excluding carboxylic acids is 2. The number of hydrogen-bond donors (Lipinski definition) is 1. The maximum absolute atomic E-state index is 11.8. The van der Waals surface area contributed by atoms with Crippen molar-refractivity contribution < 1.29 is 14.3 Å². The van der Waals surface area contributed by atoms with Crippen LogP contribution in [0.3, 0.4) is 0 Å². The molecule has 1 N–H and O–H groups in total. The number of carbonyl (C=O) groups is 2. The van der Waals surface area contributed by atoms with Crippen molar-refractivity contribution in [2.24, 2.45) is 0 Å². The van der Waals surface area contributed by atoms with Gasteiger partial charge in [0.15, 0.2) is 5.78 Å². The second kappa shape index (κ2) is 8.53. The van der Waals surface area contributed by atoms with Crippen LogP contribution in [0.15, 0.2) is 34.8 Å². The molecular weight excluding hydrogens is 322 g/mol. The number of alkyl carbamates (subject to hydrolysis) is 1. The van der Waals surface area contributed by atoms with E-state index in [0.717, 1.165) is 10.0 Å². The molecule has 0 radical (unpaired) electrons. The highest BCUT2D eigenvalue weighted by molar-refractivity contribution is 9.10. The Kier molecular flexibility index (Phi) is 7.01. The van der Waals surface area contributed by atoms with Crippen LogP contribution in [-0.4, -0.2) is 24.5 Å². The molecule has 0 aliphatic rings. The van der Waals surface area contributed by atoms with Crippen LogP contribution in [-0.2, 0) is 9.53 Å². The molecule has 108 valence electrons. The fourth-order valence-electron chi connectivity index (χ4n) is 1.59. The zero-order valence-corrected chi connectivity index (χ0v) is 13.1. The summed E-state index contributed by atoms with van der Waals surface area (Å²) in [6.07, 6.45) is 3.01. The molecule has 1 atom stereocenters. The van der Waals surface area contributed by atoms with Gasteiger partial charge < -0.3 is 10.1 Å². The van der Waals surface area contributed by atoms with Gasteiger partial charge in [0.2, 0.25) is 0 Å². The van der Waals surface area contributed by atoms with Crippen molar-refractivity contribution in [3.05, 3.63) is 40.4 Å². The first-order valence-corrected chi connectivity index (χ1v) is 7.21. The number of benzene rings is 1. The summed E-state index contributed by atoms with van der Waals surface area (Å²) in [7, 11) is 0. The second-order valence-electron chi connectivity index (χ2n) is 4.29. The molecule has 0 spiro atoms. The van der Waals surface area contributed by atoms with Gasteiger partial charge in [0.1, 0.15) is 0 Å². The first kappa shape index (κ1) is 16.4. The third-order valence-electron chi connectivity index (χ3n) is 2.50. The predicted molar refractivity (Wildman–Crippen MR) is 82.4 cm³/mol. The molecule has 0 heterocycles. The first-order valence-electron chi connectivity index (χ1n) is 6.41. The molecule has 0 aromatic heterocycles. The predicted octanol–water partition coefficient (Wildman–Crippen LogP) is 3.56. The smallest absolute Gasteiger partial charge is 0.407 e. The van der Waals surface area contributed by atoms with E-state index in [4.69, 9.17) is 4.74 Å². The molecule has 0 bridgehead atoms. The van der Waals surface area contributed by atoms with Crippen LogP contribution < -0.4 is 5.32 Å². The summed E-state index contributed by atoms with van der Waals surface area (Å²) in [4.78, 5) is 23.0. The lowest BCUT2D eigenvalue weighted by Gasteiger charge is -2.11. The lowest BCUT2D eigenvalue weighted by Crippen LogP contribution is -2.34. The summed E-state index contributed by atoms with van der Waals surface area (Å²) >= 11 is 3.41. The molecular formula is C15H18BrNO3. The number of allylic oxidation sites excluding steroid dienone is 1. The lowest BCUT2D eigenvalue weighted by molar-refractivity contribution is -0.114. The van der Waals surface area contributed by atoms with Crippen LogP contribution in [0.2, 0.25) is 0 Å². The van der Waals surface area contributed by atoms with Crippen LogP contribution in [0, 0.1) is 0 Å². The Morgan fingerprint density at radius 1 is 1.40 bits per heavy atom. The maximum Gasteiger partial charge on any atom is 0.407 e. The molecule has 0 aliphatic heterocycles. The molecule has 1 rings (SSSR count). The summed E-state index contributed by atoms with van der Waals surface area (Å²) in [5.74, 6) is -0.0509. The molecule has 1 amide bonds. The number of amides is 1. The van der Waals surface area contributed by atoms with E-state index < -0.39 is 6.09 Å². The van der Waals surface area contributed by atoms with Gasteiger partial charge in [-0.1, -0.05) is 40.2 Å². The Balaban J connectivity index is 2.47. The van der Waals surface area contributed by atoms with Crippen LogP contribution in [0.1, 0.15) is 25.8 Å². The van der Waals surface area contributed by atoms with Crippen molar-refractivity contribution in [3.8, 4) is 0 Å². The summed E-state index contributed by atoms with van der Waals surface area (Å²) < 4.78 is 5.69. The quantitative estimate of drug-likeness (QED) is 0.806. The number of ether oxygens (including phenoxy) is 1. The molecule has 20 heavy (non-hydrogen) atoms. The molecule has 0 aliphatic carbocycles. The van der Waals surface area contributed by atoms with Crippen molar-refractivity contribution in [1.29, 1.82) is 0 Å². The minimum atomic E-state index is -0.498. The van der Waals surface area contributed by atoms with Gasteiger partial charge in [-0.15, -0.1) is 0 Å². The first-order chi connectivity index (χ1) is 9.52. The van der Waals surface area contributed by atoms with E-state index in [2.05, 4.69) is 21.2 Å². The third kappa shape index (κ3) is 6.02. The fourth-order valence-corrected chi connectivity index (χ4v) is 2.00. The van der Waals surface area contributed by atoms with Crippen LogP contribution in [0.25, 0.3) is 6.08 Å². The average Bonchev–Trinajstić information content (AvgIpc) is 2.37. The van der Waals surface area contributed by atoms with E-state index >= 15 is 0 Å². The zero-order chi connectivity index (χ0) is 15.0. The minimum Gasteiger partial charge on any atom is -0.450 e. The Bertz CT molecular complexity index is 500. The zero-order valence-electron chi connectivity index (χ0n) is 11.6. The maximum atomic E-state index is 11.8. The number of ketones is 1. The molecule has 0 saturated heterocycles. The largest absolute Gasteiger partial charge is 0.450 e. The number of nitrogens with one attached hydrogen (secondary N) is 1. The van der Waals surface area contributed by atoms with Gasteiger partial charge in [-0.2, -0.15) is 0 Å². The second-order valence-corrected chi connectivity index (χ2v) is 5.15. The highest BCUT2D eigenvalue weighted by Crippen LogP contribution is 2.17. The van der Waals surface area contributed by atoms with Crippen molar-refractivity contribution >= 4 is 33.9 Å². The van der Waals surface area contributed by atoms with Gasteiger partial charge in [-0.05, 0) is 31.6 Å². The average molecular weight is 340 g/mol. The van der Waals surface area contributed by atoms with E-state index in [0.29, 0.717) is 6.61 Å². The van der Waals surface area contributed by atoms with Crippen LogP contribution in [0.4, 0.5) is 4.79 Å². The highest BCUT2D eigenvalue weighted by Gasteiger charge is 2.10. The normalized spacial score (nSPS) is 12.2. The summed E-state index contributed by atoms with van der Waals surface area (Å²) in [5, 5.41) is 2.60. The minimum absolute atomic E-state index is 0.0509. The van der Waals surface area contributed by atoms with E-state index in [1.54, 1.807) is 19.9 Å². The van der Waals surface area contributed by atoms with Crippen molar-refractivity contribution in [2.75, 3.05) is 6.61 Å². The van der Waals surface area contributed by atoms with E-state index in [-0.39, 0.29) is 18.2 Å². The Morgan fingerprint density at radius 3 is 2.75 bits per heavy atom. The van der Waals surface area contributed by atoms with Crippen molar-refractivity contribution in [3.63, 3.8) is 0 Å². The number of rotatable bonds is 6. The van der Waals surface area contributed by atoms with E-state index in [1.165, 1.54) is 6.08 Å². The molecule has 1 unspecified atom stereocenters. The van der Waals surface area contributed by atoms with Gasteiger partial charge in [0.25, 0.3) is 0 Å². The van der Waals surface area contributed by atoms with Crippen molar-refractivity contribution in [1.82, 2.24) is 5.32 Å². The van der Waals surface area contributed by atoms with Gasteiger partial charge >= 0.3 is 6.09 Å². The highest BCUT2D eigenvalue weighted by atomic mass is 79.9. The van der Waals surface area contributed by atoms with Gasteiger partial charge in [0, 0.05) is 16.9 Å². The lowest BCUT2D eigenvalue weighted by atomic mass is 10.1. The van der Waals surface area contributed by atoms with Gasteiger partial charge in [-0.3, -0.25) is 4.79 Å². The van der Waals surface area contributed by atoms with E-state index in [9.17, 15) is 9.59 Å². The van der Waals surface area contributed by atoms with Gasteiger partial charge in [0.05, 0.1) is 6.61 Å². The number of hydrogen-bond acceptors (Lipinski definition) is 3. The van der Waals surface area contributed by atoms with Crippen molar-refractivity contribution in [2.45, 2.75) is 26.3 Å². The third-order valence-corrected chi connectivity index (χ3v) is 3.22. The number of halogens is 1. The standard InChI is InChI=1S/C15H18BrNO3/c1-3-20-15(19)17-11(2)10-13(18)9-8-12-6-4-5-7-14(12)16/h4-9,11H,3,10H2,1-2H3,(H,17,19)/b9-8+. The Hall–Kier alpha value is -1.62. The Morgan fingerprint density at radius 2 is 2.10 bits per heavy atom. The van der Waals surface area contributed by atoms with E-state index in [1.807, 2.05) is 24.3 Å². The SMILES string of the molecule is CCOC(=O)NC(C)CC(=O)/C=C/c1ccccc1Br. The summed E-state index contributed by atoms with van der Waals surface area (Å²) in [5.41, 5.74) is 0.937. The fraction of sp³-hybridized carbons (Fsp3) is 0.333. The van der Waals surface area contributed by atoms with Gasteiger partial charge in [-0.25, -0.2) is 4.79 Å². The summed E-state index contributed by atoms with van der Waals surface area (Å²) in [6, 6.07) is 7.38. The summed E-state index contributed by atoms with van der Waals surface area (Å²) in [6.45, 7) is 3.81. The van der Waals surface area contributed by atoms with Crippen LogP contribution in [0.5, 0.6) is 0 Å². The molecule has 0 saturated carbocycles. The molecule has 1 aromatic rings. The molecule has 5 heteroatoms. The van der Waals surface area contributed by atoms with Crippen LogP contribution >= 0.6 is 15.9 Å². The Labute approximate surface area is 127 Å². The molecule has 1 aromatic carbocycles. The molecule has 4 nitrogen and oxygen atoms in total. The molecule has 0 fully saturated rings.